The Balaban J connectivity index is 1.66. The van der Waals surface area contributed by atoms with E-state index in [9.17, 15) is 22.0 Å². The van der Waals surface area contributed by atoms with Gasteiger partial charge in [0.1, 0.15) is 10.6 Å². The lowest BCUT2D eigenvalue weighted by atomic mass is 9.97. The molecule has 1 heterocycles. The van der Waals surface area contributed by atoms with Crippen molar-refractivity contribution in [1.82, 2.24) is 4.72 Å². The fraction of sp³-hybridized carbons (Fsp3) is 0.273. The zero-order valence-corrected chi connectivity index (χ0v) is 20.1. The number of hydrogen-bond acceptors (Lipinski definition) is 4. The van der Waals surface area contributed by atoms with E-state index in [-0.39, 0.29) is 33.5 Å². The third-order valence-corrected chi connectivity index (χ3v) is 7.24. The molecule has 1 atom stereocenters. The minimum atomic E-state index is -4.15. The second-order valence-corrected chi connectivity index (χ2v) is 10.3. The van der Waals surface area contributed by atoms with Gasteiger partial charge >= 0.3 is 0 Å². The highest BCUT2D eigenvalue weighted by atomic mass is 79.9. The van der Waals surface area contributed by atoms with E-state index in [2.05, 4.69) is 20.9 Å². The summed E-state index contributed by atoms with van der Waals surface area (Å²) in [7, 11) is -4.15. The number of amides is 1. The van der Waals surface area contributed by atoms with Gasteiger partial charge in [0.25, 0.3) is 21.9 Å². The van der Waals surface area contributed by atoms with Gasteiger partial charge in [0.15, 0.2) is 0 Å². The van der Waals surface area contributed by atoms with Crippen molar-refractivity contribution in [3.05, 3.63) is 74.9 Å². The van der Waals surface area contributed by atoms with Gasteiger partial charge in [-0.15, -0.1) is 0 Å². The van der Waals surface area contributed by atoms with Crippen LogP contribution in [0.15, 0.2) is 68.6 Å². The van der Waals surface area contributed by atoms with Gasteiger partial charge in [-0.2, -0.15) is 0 Å². The van der Waals surface area contributed by atoms with Gasteiger partial charge in [0.05, 0.1) is 5.02 Å². The first-order chi connectivity index (χ1) is 15.0. The molecule has 0 radical (unpaired) electrons. The van der Waals surface area contributed by atoms with E-state index in [4.69, 9.17) is 11.6 Å². The lowest BCUT2D eigenvalue weighted by Gasteiger charge is -2.16. The molecule has 0 fully saturated rings. The van der Waals surface area contributed by atoms with Crippen molar-refractivity contribution in [2.24, 2.45) is 10.9 Å². The summed E-state index contributed by atoms with van der Waals surface area (Å²) >= 11 is 9.19. The Kier molecular flexibility index (Phi) is 7.52. The summed E-state index contributed by atoms with van der Waals surface area (Å²) in [5, 5.41) is -0.00313. The molecule has 1 aliphatic rings. The monoisotopic (exact) mass is 544 g/mol. The zero-order valence-electron chi connectivity index (χ0n) is 17.0. The maximum atomic E-state index is 14.1. The quantitative estimate of drug-likeness (QED) is 0.467. The van der Waals surface area contributed by atoms with E-state index in [1.54, 1.807) is 18.2 Å². The normalized spacial score (nSPS) is 16.2. The van der Waals surface area contributed by atoms with E-state index in [0.717, 1.165) is 5.56 Å². The molecule has 0 saturated carbocycles. The van der Waals surface area contributed by atoms with Crippen LogP contribution >= 0.6 is 27.5 Å². The van der Waals surface area contributed by atoms with Crippen LogP contribution in [0.4, 0.5) is 8.78 Å². The molecule has 2 aromatic carbocycles. The number of nitrogens with zero attached hydrogens (tertiary/aromatic N) is 1. The summed E-state index contributed by atoms with van der Waals surface area (Å²) in [6.45, 7) is 1.43. The predicted molar refractivity (Wildman–Crippen MR) is 123 cm³/mol. The number of aliphatic imine (C=N–C) groups is 1. The molecule has 0 saturated heterocycles. The number of benzene rings is 2. The van der Waals surface area contributed by atoms with Crippen molar-refractivity contribution in [2.45, 2.75) is 37.0 Å². The number of nitrogens with one attached hydrogen (secondary N) is 1. The SMILES string of the molecule is CCC(F)(F)c1cc(Br)cc(CCC2C=NC(C(=O)NS(=O)(=O)c3ccccc3Cl)=C2)c1. The summed E-state index contributed by atoms with van der Waals surface area (Å²) in [5.74, 6) is -4.00. The van der Waals surface area contributed by atoms with Crippen molar-refractivity contribution in [3.8, 4) is 0 Å². The molecule has 0 aliphatic carbocycles. The number of carbonyl (C=O) groups excluding carboxylic acids is 1. The first-order valence-electron chi connectivity index (χ1n) is 9.77. The minimum absolute atomic E-state index is 0.00313. The molecule has 10 heteroatoms. The summed E-state index contributed by atoms with van der Waals surface area (Å²) in [4.78, 5) is 16.2. The van der Waals surface area contributed by atoms with E-state index < -0.39 is 21.9 Å². The van der Waals surface area contributed by atoms with Gasteiger partial charge in [-0.25, -0.2) is 21.9 Å². The van der Waals surface area contributed by atoms with Crippen LogP contribution in [0.1, 0.15) is 30.9 Å². The Morgan fingerprint density at radius 3 is 2.66 bits per heavy atom. The molecule has 170 valence electrons. The Labute approximate surface area is 198 Å². The van der Waals surface area contributed by atoms with Crippen molar-refractivity contribution >= 4 is 49.7 Å². The Morgan fingerprint density at radius 2 is 1.97 bits per heavy atom. The van der Waals surface area contributed by atoms with Crippen molar-refractivity contribution < 1.29 is 22.0 Å². The highest BCUT2D eigenvalue weighted by Crippen LogP contribution is 2.34. The average molecular weight is 546 g/mol. The van der Waals surface area contributed by atoms with Crippen molar-refractivity contribution in [1.29, 1.82) is 0 Å². The maximum Gasteiger partial charge on any atom is 0.283 e. The van der Waals surface area contributed by atoms with E-state index in [1.807, 2.05) is 4.72 Å². The average Bonchev–Trinajstić information content (AvgIpc) is 3.21. The number of rotatable bonds is 8. The Bertz CT molecular complexity index is 1200. The molecule has 5 nitrogen and oxygen atoms in total. The van der Waals surface area contributed by atoms with Crippen molar-refractivity contribution in [3.63, 3.8) is 0 Å². The van der Waals surface area contributed by atoms with Gasteiger partial charge in [-0.1, -0.05) is 46.6 Å². The highest BCUT2D eigenvalue weighted by Gasteiger charge is 2.29. The number of sulfonamides is 1. The predicted octanol–water partition coefficient (Wildman–Crippen LogP) is 5.63. The third-order valence-electron chi connectivity index (χ3n) is 4.95. The highest BCUT2D eigenvalue weighted by molar-refractivity contribution is 9.10. The molecule has 2 aromatic rings. The van der Waals surface area contributed by atoms with Gasteiger partial charge in [0, 0.05) is 28.6 Å². The summed E-state index contributed by atoms with van der Waals surface area (Å²) in [5.41, 5.74) is 0.645. The lowest BCUT2D eigenvalue weighted by Crippen LogP contribution is -2.31. The van der Waals surface area contributed by atoms with Gasteiger partial charge in [-0.3, -0.25) is 9.79 Å². The summed E-state index contributed by atoms with van der Waals surface area (Å²) < 4.78 is 55.5. The van der Waals surface area contributed by atoms with Gasteiger partial charge in [0.2, 0.25) is 0 Å². The minimum Gasteiger partial charge on any atom is -0.266 e. The molecule has 0 bridgehead atoms. The Hall–Kier alpha value is -2.10. The molecular formula is C22H20BrClF2N2O3S. The third kappa shape index (κ3) is 5.82. The fourth-order valence-corrected chi connectivity index (χ4v) is 5.21. The van der Waals surface area contributed by atoms with Crippen molar-refractivity contribution in [2.75, 3.05) is 0 Å². The van der Waals surface area contributed by atoms with E-state index in [1.165, 1.54) is 43.5 Å². The molecular weight excluding hydrogens is 526 g/mol. The topological polar surface area (TPSA) is 75.6 Å². The summed E-state index contributed by atoms with van der Waals surface area (Å²) in [6, 6.07) is 10.4. The number of aryl methyl sites for hydroxylation is 1. The number of alkyl halides is 2. The largest absolute Gasteiger partial charge is 0.283 e. The van der Waals surface area contributed by atoms with Crippen LogP contribution in [-0.2, 0) is 27.2 Å². The first-order valence-corrected chi connectivity index (χ1v) is 12.4. The number of carbonyl (C=O) groups is 1. The van der Waals surface area contributed by atoms with Gasteiger partial charge < -0.3 is 0 Å². The number of hydrogen-bond donors (Lipinski definition) is 1. The molecule has 1 N–H and O–H groups in total. The Morgan fingerprint density at radius 1 is 1.25 bits per heavy atom. The molecule has 3 rings (SSSR count). The summed E-state index contributed by atoms with van der Waals surface area (Å²) in [6.07, 6.45) is 3.79. The smallest absolute Gasteiger partial charge is 0.266 e. The van der Waals surface area contributed by atoms with Crippen LogP contribution in [0.25, 0.3) is 0 Å². The first kappa shape index (κ1) is 24.5. The standard InChI is InChI=1S/C22H20BrClF2N2O3S/c1-2-22(25,26)16-9-14(10-17(23)12-16)7-8-15-11-19(27-13-15)21(29)28-32(30,31)20-6-4-3-5-18(20)24/h3-6,9-13,15H,2,7-8H2,1H3,(H,28,29). The zero-order chi connectivity index (χ0) is 23.5. The second-order valence-electron chi connectivity index (χ2n) is 7.30. The van der Waals surface area contributed by atoms with Crippen LogP contribution in [0.5, 0.6) is 0 Å². The van der Waals surface area contributed by atoms with Gasteiger partial charge in [-0.05, 0) is 54.8 Å². The second kappa shape index (κ2) is 9.80. The number of allylic oxidation sites excluding steroid dienone is 1. The molecule has 0 spiro atoms. The van der Waals surface area contributed by atoms with Crippen LogP contribution in [0.3, 0.4) is 0 Å². The molecule has 1 amide bonds. The fourth-order valence-electron chi connectivity index (χ4n) is 3.19. The molecule has 1 aliphatic heterocycles. The van der Waals surface area contributed by atoms with Crippen LogP contribution in [-0.4, -0.2) is 20.5 Å². The van der Waals surface area contributed by atoms with Crippen LogP contribution < -0.4 is 4.72 Å². The maximum absolute atomic E-state index is 14.1. The van der Waals surface area contributed by atoms with E-state index >= 15 is 0 Å². The number of halogens is 4. The lowest BCUT2D eigenvalue weighted by molar-refractivity contribution is -0.115. The van der Waals surface area contributed by atoms with Crippen LogP contribution in [0, 0.1) is 5.92 Å². The molecule has 0 aromatic heterocycles. The van der Waals surface area contributed by atoms with Crippen LogP contribution in [0.2, 0.25) is 5.02 Å². The molecule has 1 unspecified atom stereocenters. The van der Waals surface area contributed by atoms with E-state index in [0.29, 0.717) is 17.3 Å². The molecule has 32 heavy (non-hydrogen) atoms.